The molecule has 6 heteroatoms. The van der Waals surface area contributed by atoms with Crippen molar-refractivity contribution >= 4 is 11.9 Å². The van der Waals surface area contributed by atoms with Gasteiger partial charge in [0.25, 0.3) is 0 Å². The Morgan fingerprint density at radius 3 is 1.11 bits per heavy atom. The van der Waals surface area contributed by atoms with Crippen LogP contribution in [0.4, 0.5) is 0 Å². The standard InChI is InChI=1S/C58H109NO5/c1-3-5-7-9-11-13-15-17-19-20-24-28-32-36-40-44-48-52-58(63)64-53-49-45-41-37-33-29-25-22-21-23-27-31-35-39-43-47-51-57(62)59-55(54-60)56(61)50-46-42-38-34-30-26-18-16-14-12-10-8-6-4-2/h17,19,21,23,46,50,55-56,60-61H,3-16,18,20,22,24-45,47-49,51-54H2,1-2H3,(H,59,62)/b19-17-,23-21-,50-46+. The molecule has 0 aliphatic carbocycles. The molecule has 3 N–H and O–H groups in total. The first-order chi connectivity index (χ1) is 31.5. The van der Waals surface area contributed by atoms with Gasteiger partial charge >= 0.3 is 5.97 Å². The highest BCUT2D eigenvalue weighted by molar-refractivity contribution is 5.76. The number of esters is 1. The van der Waals surface area contributed by atoms with E-state index >= 15 is 0 Å². The van der Waals surface area contributed by atoms with Gasteiger partial charge in [-0.2, -0.15) is 0 Å². The van der Waals surface area contributed by atoms with E-state index < -0.39 is 12.1 Å². The number of allylic oxidation sites excluding steroid dienone is 5. The molecule has 2 atom stereocenters. The normalized spacial score (nSPS) is 12.9. The molecule has 0 bridgehead atoms. The molecule has 2 unspecified atom stereocenters. The number of nitrogens with one attached hydrogen (secondary N) is 1. The Morgan fingerprint density at radius 1 is 0.422 bits per heavy atom. The van der Waals surface area contributed by atoms with E-state index in [1.807, 2.05) is 6.08 Å². The van der Waals surface area contributed by atoms with Gasteiger partial charge in [0, 0.05) is 12.8 Å². The van der Waals surface area contributed by atoms with E-state index in [2.05, 4.69) is 43.5 Å². The molecule has 0 saturated heterocycles. The third-order valence-corrected chi connectivity index (χ3v) is 12.9. The molecule has 64 heavy (non-hydrogen) atoms. The van der Waals surface area contributed by atoms with Gasteiger partial charge in [-0.15, -0.1) is 0 Å². The maximum Gasteiger partial charge on any atom is 0.305 e. The number of hydrogen-bond donors (Lipinski definition) is 3. The minimum Gasteiger partial charge on any atom is -0.466 e. The summed E-state index contributed by atoms with van der Waals surface area (Å²) in [5, 5.41) is 23.1. The topological polar surface area (TPSA) is 95.9 Å². The zero-order valence-electron chi connectivity index (χ0n) is 42.8. The molecule has 0 rings (SSSR count). The third-order valence-electron chi connectivity index (χ3n) is 12.9. The first-order valence-electron chi connectivity index (χ1n) is 28.3. The average Bonchev–Trinajstić information content (AvgIpc) is 3.29. The predicted octanol–water partition coefficient (Wildman–Crippen LogP) is 17.2. The van der Waals surface area contributed by atoms with Gasteiger partial charge in [0.1, 0.15) is 0 Å². The van der Waals surface area contributed by atoms with E-state index in [0.29, 0.717) is 19.4 Å². The lowest BCUT2D eigenvalue weighted by molar-refractivity contribution is -0.143. The van der Waals surface area contributed by atoms with E-state index in [1.54, 1.807) is 6.08 Å². The van der Waals surface area contributed by atoms with Crippen LogP contribution < -0.4 is 5.32 Å². The number of hydrogen-bond acceptors (Lipinski definition) is 5. The Labute approximate surface area is 398 Å². The van der Waals surface area contributed by atoms with Crippen molar-refractivity contribution in [3.63, 3.8) is 0 Å². The number of carbonyl (C=O) groups is 2. The quantitative estimate of drug-likeness (QED) is 0.0321. The summed E-state index contributed by atoms with van der Waals surface area (Å²) in [6, 6.07) is -0.640. The van der Waals surface area contributed by atoms with Gasteiger partial charge in [-0.25, -0.2) is 0 Å². The van der Waals surface area contributed by atoms with Gasteiger partial charge in [-0.05, 0) is 83.5 Å². The number of amides is 1. The van der Waals surface area contributed by atoms with Crippen molar-refractivity contribution in [2.24, 2.45) is 0 Å². The molecule has 0 aromatic rings. The van der Waals surface area contributed by atoms with E-state index in [4.69, 9.17) is 4.74 Å². The van der Waals surface area contributed by atoms with Crippen LogP contribution in [0, 0.1) is 0 Å². The summed E-state index contributed by atoms with van der Waals surface area (Å²) in [7, 11) is 0. The molecule has 0 spiro atoms. The summed E-state index contributed by atoms with van der Waals surface area (Å²) in [5.41, 5.74) is 0. The lowest BCUT2D eigenvalue weighted by Gasteiger charge is -2.20. The predicted molar refractivity (Wildman–Crippen MR) is 278 cm³/mol. The smallest absolute Gasteiger partial charge is 0.305 e. The second-order valence-electron chi connectivity index (χ2n) is 19.3. The molecule has 0 aliphatic heterocycles. The van der Waals surface area contributed by atoms with Crippen LogP contribution in [0.5, 0.6) is 0 Å². The summed E-state index contributed by atoms with van der Waals surface area (Å²) in [6.45, 7) is 4.87. The van der Waals surface area contributed by atoms with Crippen molar-refractivity contribution in [2.75, 3.05) is 13.2 Å². The maximum absolute atomic E-state index is 12.4. The van der Waals surface area contributed by atoms with Gasteiger partial charge in [0.15, 0.2) is 0 Å². The molecule has 0 fully saturated rings. The van der Waals surface area contributed by atoms with Crippen LogP contribution in [0.25, 0.3) is 0 Å². The minimum absolute atomic E-state index is 0.00751. The molecule has 0 aromatic carbocycles. The summed E-state index contributed by atoms with van der Waals surface area (Å²) < 4.78 is 5.47. The van der Waals surface area contributed by atoms with Gasteiger partial charge in [0.05, 0.1) is 25.4 Å². The van der Waals surface area contributed by atoms with Crippen LogP contribution in [0.2, 0.25) is 0 Å². The number of aliphatic hydroxyl groups is 2. The summed E-state index contributed by atoms with van der Waals surface area (Å²) in [4.78, 5) is 24.5. The fourth-order valence-corrected chi connectivity index (χ4v) is 8.50. The largest absolute Gasteiger partial charge is 0.466 e. The first kappa shape index (κ1) is 62.1. The Balaban J connectivity index is 3.48. The molecule has 0 saturated carbocycles. The zero-order valence-corrected chi connectivity index (χ0v) is 42.8. The van der Waals surface area contributed by atoms with Crippen molar-refractivity contribution in [2.45, 2.75) is 309 Å². The highest BCUT2D eigenvalue weighted by Crippen LogP contribution is 2.15. The molecule has 376 valence electrons. The number of ether oxygens (including phenoxy) is 1. The monoisotopic (exact) mass is 900 g/mol. The van der Waals surface area contributed by atoms with E-state index in [-0.39, 0.29) is 18.5 Å². The number of rotatable bonds is 52. The molecule has 0 aliphatic rings. The summed E-state index contributed by atoms with van der Waals surface area (Å²) in [6.07, 6.45) is 65.8. The fraction of sp³-hybridized carbons (Fsp3) is 0.862. The van der Waals surface area contributed by atoms with Crippen molar-refractivity contribution in [1.82, 2.24) is 5.32 Å². The number of unbranched alkanes of at least 4 members (excludes halogenated alkanes) is 37. The van der Waals surface area contributed by atoms with Crippen LogP contribution in [0.15, 0.2) is 36.5 Å². The molecule has 1 amide bonds. The summed E-state index contributed by atoms with van der Waals surface area (Å²) >= 11 is 0. The number of aliphatic hydroxyl groups excluding tert-OH is 2. The summed E-state index contributed by atoms with van der Waals surface area (Å²) in [5.74, 6) is -0.0928. The second-order valence-corrected chi connectivity index (χ2v) is 19.3. The van der Waals surface area contributed by atoms with Crippen LogP contribution in [-0.4, -0.2) is 47.4 Å². The minimum atomic E-state index is -0.855. The van der Waals surface area contributed by atoms with Gasteiger partial charge in [0.2, 0.25) is 5.91 Å². The Morgan fingerprint density at radius 2 is 0.734 bits per heavy atom. The van der Waals surface area contributed by atoms with Crippen LogP contribution in [-0.2, 0) is 14.3 Å². The van der Waals surface area contributed by atoms with Gasteiger partial charge in [-0.3, -0.25) is 9.59 Å². The number of carbonyl (C=O) groups excluding carboxylic acids is 2. The SMILES string of the molecule is CCCCCCCC/C=C\CCCCCCCCCC(=O)OCCCCCCCCC/C=C\CCCCCCCC(=O)NC(CO)C(O)/C=C/CCCCCCCCCCCCCC. The molecule has 6 nitrogen and oxygen atoms in total. The van der Waals surface area contributed by atoms with E-state index in [9.17, 15) is 19.8 Å². The van der Waals surface area contributed by atoms with E-state index in [1.165, 1.54) is 205 Å². The van der Waals surface area contributed by atoms with Crippen LogP contribution >= 0.6 is 0 Å². The maximum atomic E-state index is 12.4. The van der Waals surface area contributed by atoms with Crippen LogP contribution in [0.1, 0.15) is 296 Å². The molecular weight excluding hydrogens is 791 g/mol. The Bertz CT molecular complexity index is 1040. The highest BCUT2D eigenvalue weighted by Gasteiger charge is 2.18. The van der Waals surface area contributed by atoms with E-state index in [0.717, 1.165) is 64.2 Å². The molecule has 0 heterocycles. The average molecular weight is 901 g/mol. The Kier molecular flexibility index (Phi) is 52.1. The molecular formula is C58H109NO5. The lowest BCUT2D eigenvalue weighted by Crippen LogP contribution is -2.45. The fourth-order valence-electron chi connectivity index (χ4n) is 8.50. The lowest BCUT2D eigenvalue weighted by atomic mass is 10.0. The van der Waals surface area contributed by atoms with Crippen molar-refractivity contribution in [3.8, 4) is 0 Å². The highest BCUT2D eigenvalue weighted by atomic mass is 16.5. The van der Waals surface area contributed by atoms with Gasteiger partial charge < -0.3 is 20.3 Å². The van der Waals surface area contributed by atoms with Crippen LogP contribution in [0.3, 0.4) is 0 Å². The van der Waals surface area contributed by atoms with Gasteiger partial charge in [-0.1, -0.05) is 237 Å². The first-order valence-corrected chi connectivity index (χ1v) is 28.3. The Hall–Kier alpha value is -1.92. The second kappa shape index (κ2) is 53.7. The van der Waals surface area contributed by atoms with Crippen molar-refractivity contribution < 1.29 is 24.5 Å². The van der Waals surface area contributed by atoms with Crippen molar-refractivity contribution in [1.29, 1.82) is 0 Å². The zero-order chi connectivity index (χ0) is 46.5. The third kappa shape index (κ3) is 49.5. The van der Waals surface area contributed by atoms with Crippen molar-refractivity contribution in [3.05, 3.63) is 36.5 Å². The molecule has 0 radical (unpaired) electrons. The molecule has 0 aromatic heterocycles.